The number of hydrogen-bond donors (Lipinski definition) is 4. The first-order valence-electron chi connectivity index (χ1n) is 11.2. The van der Waals surface area contributed by atoms with E-state index in [-0.39, 0.29) is 6.04 Å². The van der Waals surface area contributed by atoms with E-state index < -0.39 is 11.7 Å². The van der Waals surface area contributed by atoms with E-state index in [4.69, 9.17) is 4.74 Å². The standard InChI is InChI=1S/C24H32N6O2/c1-24(2,3)32-23(31)26-12-11-25-17-13-20-21(27-14-17)22(29-15-28-20)30-19-10-6-8-16-7-4-5-9-18(16)19/h4-5,7,9,13-14,19,25,28H,6,8,10-12,15H2,1-3H3,(H,26,31)(H,29,30)/t19-/m0/s1. The fourth-order valence-electron chi connectivity index (χ4n) is 4.03. The Kier molecular flexibility index (Phi) is 6.48. The van der Waals surface area contributed by atoms with Gasteiger partial charge >= 0.3 is 6.09 Å². The number of amides is 1. The van der Waals surface area contributed by atoms with Gasteiger partial charge in [0.2, 0.25) is 0 Å². The minimum atomic E-state index is -0.501. The number of carbonyl (C=O) groups is 1. The fraction of sp³-hybridized carbons (Fsp3) is 0.458. The van der Waals surface area contributed by atoms with Gasteiger partial charge in [-0.05, 0) is 57.2 Å². The van der Waals surface area contributed by atoms with Gasteiger partial charge in [0.25, 0.3) is 0 Å². The van der Waals surface area contributed by atoms with Gasteiger partial charge in [-0.15, -0.1) is 0 Å². The lowest BCUT2D eigenvalue weighted by atomic mass is 9.87. The van der Waals surface area contributed by atoms with Gasteiger partial charge in [-0.3, -0.25) is 0 Å². The van der Waals surface area contributed by atoms with Crippen LogP contribution in [0.1, 0.15) is 56.5 Å². The number of aromatic nitrogens is 1. The summed E-state index contributed by atoms with van der Waals surface area (Å²) in [7, 11) is 0. The third-order valence-electron chi connectivity index (χ3n) is 5.42. The first-order chi connectivity index (χ1) is 15.4. The van der Waals surface area contributed by atoms with Crippen molar-refractivity contribution in [1.29, 1.82) is 0 Å². The lowest BCUT2D eigenvalue weighted by Crippen LogP contribution is -2.35. The number of nitrogens with one attached hydrogen (secondary N) is 4. The number of amidine groups is 1. The summed E-state index contributed by atoms with van der Waals surface area (Å²) in [5, 5.41) is 13.0. The van der Waals surface area contributed by atoms with E-state index in [1.807, 2.05) is 26.8 Å². The van der Waals surface area contributed by atoms with Crippen LogP contribution >= 0.6 is 0 Å². The molecule has 1 aliphatic heterocycles. The number of nitrogens with zero attached hydrogens (tertiary/aromatic N) is 2. The summed E-state index contributed by atoms with van der Waals surface area (Å²) in [4.78, 5) is 21.0. The predicted octanol–water partition coefficient (Wildman–Crippen LogP) is 3.82. The molecule has 8 heteroatoms. The second-order valence-electron chi connectivity index (χ2n) is 9.11. The molecule has 4 N–H and O–H groups in total. The van der Waals surface area contributed by atoms with E-state index >= 15 is 0 Å². The molecule has 0 spiro atoms. The molecule has 1 atom stereocenters. The Hall–Kier alpha value is -3.29. The molecule has 4 rings (SSSR count). The van der Waals surface area contributed by atoms with Gasteiger partial charge in [0.05, 0.1) is 23.6 Å². The molecule has 2 aliphatic rings. The first kappa shape index (κ1) is 21.9. The molecule has 0 unspecified atom stereocenters. The fourth-order valence-corrected chi connectivity index (χ4v) is 4.03. The van der Waals surface area contributed by atoms with Crippen LogP contribution in [0.15, 0.2) is 41.5 Å². The lowest BCUT2D eigenvalue weighted by Gasteiger charge is -2.29. The number of aryl methyl sites for hydroxylation is 1. The summed E-state index contributed by atoms with van der Waals surface area (Å²) >= 11 is 0. The van der Waals surface area contributed by atoms with Crippen molar-refractivity contribution in [3.8, 4) is 0 Å². The van der Waals surface area contributed by atoms with E-state index in [9.17, 15) is 4.79 Å². The van der Waals surface area contributed by atoms with Gasteiger partial charge in [-0.2, -0.15) is 0 Å². The molecule has 0 bridgehead atoms. The minimum Gasteiger partial charge on any atom is -0.444 e. The Morgan fingerprint density at radius 2 is 2.09 bits per heavy atom. The van der Waals surface area contributed by atoms with Crippen LogP contribution in [0.2, 0.25) is 0 Å². The highest BCUT2D eigenvalue weighted by molar-refractivity contribution is 6.03. The van der Waals surface area contributed by atoms with Gasteiger partial charge in [0.15, 0.2) is 5.84 Å². The van der Waals surface area contributed by atoms with Crippen molar-refractivity contribution in [2.75, 3.05) is 30.4 Å². The Labute approximate surface area is 189 Å². The van der Waals surface area contributed by atoms with Gasteiger partial charge in [0.1, 0.15) is 18.0 Å². The van der Waals surface area contributed by atoms with Crippen molar-refractivity contribution >= 4 is 23.3 Å². The molecule has 32 heavy (non-hydrogen) atoms. The van der Waals surface area contributed by atoms with Crippen LogP contribution in [0.25, 0.3) is 0 Å². The number of carbonyl (C=O) groups excluding carboxylic acids is 1. The highest BCUT2D eigenvalue weighted by atomic mass is 16.6. The number of pyridine rings is 1. The second-order valence-corrected chi connectivity index (χ2v) is 9.11. The molecular weight excluding hydrogens is 404 g/mol. The van der Waals surface area contributed by atoms with Crippen molar-refractivity contribution in [2.45, 2.75) is 51.7 Å². The van der Waals surface area contributed by atoms with Crippen LogP contribution in [0.5, 0.6) is 0 Å². The van der Waals surface area contributed by atoms with E-state index in [0.29, 0.717) is 19.8 Å². The van der Waals surface area contributed by atoms with Gasteiger partial charge in [-0.1, -0.05) is 24.3 Å². The molecule has 170 valence electrons. The van der Waals surface area contributed by atoms with E-state index in [0.717, 1.165) is 35.7 Å². The van der Waals surface area contributed by atoms with Gasteiger partial charge < -0.3 is 26.0 Å². The van der Waals surface area contributed by atoms with E-state index in [1.54, 1.807) is 6.20 Å². The third-order valence-corrected chi connectivity index (χ3v) is 5.42. The highest BCUT2D eigenvalue weighted by Gasteiger charge is 2.24. The number of benzene rings is 1. The topological polar surface area (TPSA) is 99.7 Å². The minimum absolute atomic E-state index is 0.253. The predicted molar refractivity (Wildman–Crippen MR) is 127 cm³/mol. The lowest BCUT2D eigenvalue weighted by molar-refractivity contribution is 0.0530. The Morgan fingerprint density at radius 1 is 1.25 bits per heavy atom. The average Bonchev–Trinajstić information content (AvgIpc) is 2.76. The Balaban J connectivity index is 1.35. The van der Waals surface area contributed by atoms with E-state index in [2.05, 4.69) is 55.5 Å². The molecule has 2 heterocycles. The summed E-state index contributed by atoms with van der Waals surface area (Å²) in [6.07, 6.45) is 4.77. The molecule has 1 aromatic carbocycles. The molecule has 0 fully saturated rings. The largest absolute Gasteiger partial charge is 0.444 e. The van der Waals surface area contributed by atoms with Crippen molar-refractivity contribution < 1.29 is 9.53 Å². The van der Waals surface area contributed by atoms with Crippen LogP contribution in [-0.2, 0) is 11.2 Å². The number of ether oxygens (including phenoxy) is 1. The van der Waals surface area contributed by atoms with Gasteiger partial charge in [0, 0.05) is 13.1 Å². The van der Waals surface area contributed by atoms with Crippen LogP contribution in [0, 0.1) is 0 Å². The van der Waals surface area contributed by atoms with Crippen molar-refractivity contribution in [2.24, 2.45) is 4.99 Å². The smallest absolute Gasteiger partial charge is 0.407 e. The second kappa shape index (κ2) is 9.46. The highest BCUT2D eigenvalue weighted by Crippen LogP contribution is 2.30. The number of alkyl carbamates (subject to hydrolysis) is 1. The average molecular weight is 437 g/mol. The summed E-state index contributed by atoms with van der Waals surface area (Å²) in [5.74, 6) is 0.832. The number of hydrogen-bond acceptors (Lipinski definition) is 7. The first-order valence-corrected chi connectivity index (χ1v) is 11.2. The van der Waals surface area contributed by atoms with Crippen molar-refractivity contribution in [3.05, 3.63) is 53.3 Å². The maximum absolute atomic E-state index is 11.7. The van der Waals surface area contributed by atoms with Crippen LogP contribution in [0.4, 0.5) is 16.2 Å². The van der Waals surface area contributed by atoms with Gasteiger partial charge in [-0.25, -0.2) is 14.8 Å². The number of anilines is 2. The number of rotatable bonds is 5. The SMILES string of the molecule is CC(C)(C)OC(=O)NCCNc1cnc2c(c1)NCN=C2N[C@H]1CCCc2ccccc21. The number of fused-ring (bicyclic) bond motifs is 2. The zero-order valence-corrected chi connectivity index (χ0v) is 19.0. The molecule has 0 saturated heterocycles. The zero-order chi connectivity index (χ0) is 22.6. The van der Waals surface area contributed by atoms with Crippen LogP contribution in [0.3, 0.4) is 0 Å². The molecule has 1 aliphatic carbocycles. The zero-order valence-electron chi connectivity index (χ0n) is 19.0. The maximum atomic E-state index is 11.7. The van der Waals surface area contributed by atoms with Crippen LogP contribution in [-0.4, -0.2) is 42.3 Å². The summed E-state index contributed by atoms with van der Waals surface area (Å²) in [6.45, 7) is 7.06. The summed E-state index contributed by atoms with van der Waals surface area (Å²) < 4.78 is 5.24. The molecule has 0 radical (unpaired) electrons. The third kappa shape index (κ3) is 5.49. The summed E-state index contributed by atoms with van der Waals surface area (Å²) in [6, 6.07) is 10.9. The molecule has 0 saturated carbocycles. The van der Waals surface area contributed by atoms with Crippen molar-refractivity contribution in [1.82, 2.24) is 15.6 Å². The normalized spacial score (nSPS) is 17.2. The Morgan fingerprint density at radius 3 is 2.94 bits per heavy atom. The molecule has 1 amide bonds. The molecule has 2 aromatic rings. The quantitative estimate of drug-likeness (QED) is 0.532. The molecular formula is C24H32N6O2. The van der Waals surface area contributed by atoms with Crippen LogP contribution < -0.4 is 21.3 Å². The summed E-state index contributed by atoms with van der Waals surface area (Å²) in [5.41, 5.74) is 4.93. The monoisotopic (exact) mass is 436 g/mol. The molecule has 8 nitrogen and oxygen atoms in total. The van der Waals surface area contributed by atoms with Crippen molar-refractivity contribution in [3.63, 3.8) is 0 Å². The number of aliphatic imine (C=N–C) groups is 1. The molecule has 1 aromatic heterocycles. The maximum Gasteiger partial charge on any atom is 0.407 e. The van der Waals surface area contributed by atoms with E-state index in [1.165, 1.54) is 17.5 Å². The Bertz CT molecular complexity index is 998.